The number of nitrogens with zero attached hydrogens (tertiary/aromatic N) is 2. The van der Waals surface area contributed by atoms with Crippen molar-refractivity contribution in [1.82, 2.24) is 4.98 Å². The van der Waals surface area contributed by atoms with Crippen LogP contribution in [0.1, 0.15) is 37.6 Å². The maximum Gasteiger partial charge on any atom is 0.225 e. The molecule has 0 amide bonds. The molecule has 5 heteroatoms. The molecule has 0 saturated carbocycles. The predicted octanol–water partition coefficient (Wildman–Crippen LogP) is 1.97. The lowest BCUT2D eigenvalue weighted by molar-refractivity contribution is 0.123. The summed E-state index contributed by atoms with van der Waals surface area (Å²) in [5.41, 5.74) is 7.49. The van der Waals surface area contributed by atoms with Gasteiger partial charge >= 0.3 is 0 Å². The third-order valence-corrected chi connectivity index (χ3v) is 2.08. The Morgan fingerprint density at radius 1 is 1.41 bits per heavy atom. The number of oxime groups is 1. The van der Waals surface area contributed by atoms with Gasteiger partial charge in [0.25, 0.3) is 0 Å². The first kappa shape index (κ1) is 13.3. The summed E-state index contributed by atoms with van der Waals surface area (Å²) in [6.45, 7) is 9.50. The van der Waals surface area contributed by atoms with E-state index in [0.29, 0.717) is 11.4 Å². The maximum absolute atomic E-state index is 8.78. The molecule has 94 valence electrons. The van der Waals surface area contributed by atoms with Crippen molar-refractivity contribution < 1.29 is 9.94 Å². The van der Waals surface area contributed by atoms with Crippen LogP contribution in [-0.2, 0) is 0 Å². The summed E-state index contributed by atoms with van der Waals surface area (Å²) in [7, 11) is 0. The Labute approximate surface area is 101 Å². The zero-order valence-electron chi connectivity index (χ0n) is 10.9. The Kier molecular flexibility index (Phi) is 3.60. The zero-order chi connectivity index (χ0) is 13.2. The van der Waals surface area contributed by atoms with Crippen LogP contribution in [0.25, 0.3) is 0 Å². The average molecular weight is 237 g/mol. The van der Waals surface area contributed by atoms with Crippen LogP contribution < -0.4 is 10.5 Å². The van der Waals surface area contributed by atoms with Crippen molar-refractivity contribution in [1.29, 1.82) is 0 Å². The first-order chi connectivity index (χ1) is 7.74. The monoisotopic (exact) mass is 237 g/mol. The number of amidine groups is 1. The van der Waals surface area contributed by atoms with Crippen LogP contribution in [0.3, 0.4) is 0 Å². The van der Waals surface area contributed by atoms with E-state index in [1.165, 1.54) is 0 Å². The summed E-state index contributed by atoms with van der Waals surface area (Å²) in [6.07, 6.45) is 0. The molecular weight excluding hydrogens is 218 g/mol. The summed E-state index contributed by atoms with van der Waals surface area (Å²) in [5, 5.41) is 11.8. The van der Waals surface area contributed by atoms with Gasteiger partial charge in [0.05, 0.1) is 5.56 Å². The molecule has 0 aromatic carbocycles. The summed E-state index contributed by atoms with van der Waals surface area (Å²) in [6, 6.07) is 1.86. The summed E-state index contributed by atoms with van der Waals surface area (Å²) in [5.74, 6) is 0.402. The van der Waals surface area contributed by atoms with Crippen LogP contribution in [-0.4, -0.2) is 21.6 Å². The lowest BCUT2D eigenvalue weighted by Gasteiger charge is -2.23. The van der Waals surface area contributed by atoms with Gasteiger partial charge in [0.2, 0.25) is 5.88 Å². The summed E-state index contributed by atoms with van der Waals surface area (Å²) < 4.78 is 5.73. The summed E-state index contributed by atoms with van der Waals surface area (Å²) >= 11 is 0. The highest BCUT2D eigenvalue weighted by atomic mass is 16.5. The van der Waals surface area contributed by atoms with E-state index in [2.05, 4.69) is 10.1 Å². The number of rotatable bonds is 2. The molecule has 0 aliphatic heterocycles. The molecule has 0 unspecified atom stereocenters. The standard InChI is InChI=1S/C12H19N3O2/c1-7-6-8(2)14-11(17-12(3,4)5)9(7)10(13)15-16/h6,16H,1-5H3,(H2,13,15). The first-order valence-electron chi connectivity index (χ1n) is 5.40. The fourth-order valence-electron chi connectivity index (χ4n) is 1.53. The third kappa shape index (κ3) is 3.34. The Morgan fingerprint density at radius 3 is 2.47 bits per heavy atom. The minimum atomic E-state index is -0.391. The quantitative estimate of drug-likeness (QED) is 0.356. The molecule has 1 aromatic heterocycles. The highest BCUT2D eigenvalue weighted by molar-refractivity contribution is 6.00. The topological polar surface area (TPSA) is 80.7 Å². The van der Waals surface area contributed by atoms with Gasteiger partial charge in [0, 0.05) is 5.69 Å². The molecular formula is C12H19N3O2. The van der Waals surface area contributed by atoms with Crippen LogP contribution >= 0.6 is 0 Å². The molecule has 3 N–H and O–H groups in total. The van der Waals surface area contributed by atoms with Crippen LogP contribution in [0.5, 0.6) is 5.88 Å². The summed E-state index contributed by atoms with van der Waals surface area (Å²) in [4.78, 5) is 4.29. The first-order valence-corrected chi connectivity index (χ1v) is 5.40. The lowest BCUT2D eigenvalue weighted by Crippen LogP contribution is -2.27. The number of pyridine rings is 1. The van der Waals surface area contributed by atoms with Gasteiger partial charge in [-0.1, -0.05) is 5.16 Å². The maximum atomic E-state index is 8.78. The molecule has 0 atom stereocenters. The van der Waals surface area contributed by atoms with Crippen molar-refractivity contribution in [3.8, 4) is 5.88 Å². The fraction of sp³-hybridized carbons (Fsp3) is 0.500. The van der Waals surface area contributed by atoms with Crippen LogP contribution in [0.4, 0.5) is 0 Å². The van der Waals surface area contributed by atoms with Gasteiger partial charge < -0.3 is 15.7 Å². The number of aryl methyl sites for hydroxylation is 2. The van der Waals surface area contributed by atoms with E-state index in [0.717, 1.165) is 11.3 Å². The van der Waals surface area contributed by atoms with E-state index in [1.807, 2.05) is 40.7 Å². The van der Waals surface area contributed by atoms with Crippen LogP contribution in [0.15, 0.2) is 11.2 Å². The second-order valence-electron chi connectivity index (χ2n) is 4.96. The Hall–Kier alpha value is -1.78. The van der Waals surface area contributed by atoms with E-state index in [1.54, 1.807) is 0 Å². The number of hydrogen-bond acceptors (Lipinski definition) is 4. The van der Waals surface area contributed by atoms with Gasteiger partial charge in [-0.05, 0) is 46.2 Å². The molecule has 1 heterocycles. The minimum absolute atomic E-state index is 0.00856. The molecule has 1 rings (SSSR count). The number of aromatic nitrogens is 1. The van der Waals surface area contributed by atoms with Gasteiger partial charge in [-0.25, -0.2) is 4.98 Å². The van der Waals surface area contributed by atoms with Gasteiger partial charge in [0.1, 0.15) is 5.60 Å². The highest BCUT2D eigenvalue weighted by Crippen LogP contribution is 2.24. The molecule has 5 nitrogen and oxygen atoms in total. The molecule has 0 fully saturated rings. The van der Waals surface area contributed by atoms with E-state index >= 15 is 0 Å². The molecule has 0 aliphatic carbocycles. The van der Waals surface area contributed by atoms with Gasteiger partial charge in [-0.3, -0.25) is 0 Å². The number of hydrogen-bond donors (Lipinski definition) is 2. The van der Waals surface area contributed by atoms with Gasteiger partial charge in [-0.2, -0.15) is 0 Å². The van der Waals surface area contributed by atoms with Crippen molar-refractivity contribution in [2.75, 3.05) is 0 Å². The predicted molar refractivity (Wildman–Crippen MR) is 66.6 cm³/mol. The molecule has 0 saturated heterocycles. The van der Waals surface area contributed by atoms with E-state index < -0.39 is 5.60 Å². The van der Waals surface area contributed by atoms with Crippen molar-refractivity contribution in [2.45, 2.75) is 40.2 Å². The van der Waals surface area contributed by atoms with Crippen LogP contribution in [0.2, 0.25) is 0 Å². The van der Waals surface area contributed by atoms with Gasteiger partial charge in [0.15, 0.2) is 5.84 Å². The SMILES string of the molecule is Cc1cc(C)c(/C(N)=N/O)c(OC(C)(C)C)n1. The van der Waals surface area contributed by atoms with Crippen LogP contribution in [0, 0.1) is 13.8 Å². The van der Waals surface area contributed by atoms with E-state index in [-0.39, 0.29) is 5.84 Å². The second-order valence-corrected chi connectivity index (χ2v) is 4.96. The smallest absolute Gasteiger partial charge is 0.225 e. The Bertz CT molecular complexity index is 448. The van der Waals surface area contributed by atoms with E-state index in [9.17, 15) is 0 Å². The normalized spacial score (nSPS) is 12.6. The second kappa shape index (κ2) is 4.61. The van der Waals surface area contributed by atoms with Gasteiger partial charge in [-0.15, -0.1) is 0 Å². The fourth-order valence-corrected chi connectivity index (χ4v) is 1.53. The number of ether oxygens (including phenoxy) is 1. The average Bonchev–Trinajstić information content (AvgIpc) is 2.13. The minimum Gasteiger partial charge on any atom is -0.471 e. The molecule has 0 bridgehead atoms. The van der Waals surface area contributed by atoms with Crippen molar-refractivity contribution in [2.24, 2.45) is 10.9 Å². The zero-order valence-corrected chi connectivity index (χ0v) is 10.9. The Balaban J connectivity index is 3.36. The molecule has 1 aromatic rings. The number of nitrogens with two attached hydrogens (primary N) is 1. The van der Waals surface area contributed by atoms with Crippen molar-refractivity contribution >= 4 is 5.84 Å². The third-order valence-electron chi connectivity index (χ3n) is 2.08. The molecule has 0 aliphatic rings. The highest BCUT2D eigenvalue weighted by Gasteiger charge is 2.20. The van der Waals surface area contributed by atoms with Crippen molar-refractivity contribution in [3.05, 3.63) is 22.9 Å². The molecule has 17 heavy (non-hydrogen) atoms. The molecule has 0 spiro atoms. The van der Waals surface area contributed by atoms with Crippen molar-refractivity contribution in [3.63, 3.8) is 0 Å². The van der Waals surface area contributed by atoms with E-state index in [4.69, 9.17) is 15.7 Å². The lowest BCUT2D eigenvalue weighted by atomic mass is 10.1. The Morgan fingerprint density at radius 2 is 2.00 bits per heavy atom. The molecule has 0 radical (unpaired) electrons. The largest absolute Gasteiger partial charge is 0.471 e.